The predicted molar refractivity (Wildman–Crippen MR) is 49.4 cm³/mol. The summed E-state index contributed by atoms with van der Waals surface area (Å²) < 4.78 is 0. The van der Waals surface area contributed by atoms with Crippen LogP contribution in [-0.4, -0.2) is 5.11 Å². The molecule has 1 heteroatoms. The minimum Gasteiger partial charge on any atom is -0.508 e. The van der Waals surface area contributed by atoms with Crippen LogP contribution in [0.4, 0.5) is 0 Å². The Labute approximate surface area is 73.0 Å². The summed E-state index contributed by atoms with van der Waals surface area (Å²) in [5.74, 6) is 1.12. The van der Waals surface area contributed by atoms with Gasteiger partial charge in [0.05, 0.1) is 0 Å². The molecule has 1 aliphatic rings. The highest BCUT2D eigenvalue weighted by atomic mass is 16.3. The number of hydrogen-bond acceptors (Lipinski definition) is 1. The van der Waals surface area contributed by atoms with Gasteiger partial charge in [0.2, 0.25) is 0 Å². The van der Waals surface area contributed by atoms with E-state index in [1.165, 1.54) is 19.3 Å². The summed E-state index contributed by atoms with van der Waals surface area (Å²) in [5, 5.41) is 9.63. The largest absolute Gasteiger partial charge is 0.508 e. The van der Waals surface area contributed by atoms with Crippen molar-refractivity contribution < 1.29 is 5.11 Å². The fourth-order valence-corrected chi connectivity index (χ4v) is 1.72. The van der Waals surface area contributed by atoms with Crippen molar-refractivity contribution in [2.24, 2.45) is 0 Å². The van der Waals surface area contributed by atoms with Crippen molar-refractivity contribution in [3.8, 4) is 5.75 Å². The third kappa shape index (κ3) is 1.20. The van der Waals surface area contributed by atoms with Crippen molar-refractivity contribution in [1.82, 2.24) is 0 Å². The molecule has 64 valence electrons. The predicted octanol–water partition coefficient (Wildman–Crippen LogP) is 2.97. The molecule has 0 aliphatic heterocycles. The van der Waals surface area contributed by atoms with Gasteiger partial charge in [0.1, 0.15) is 5.75 Å². The highest BCUT2D eigenvalue weighted by Gasteiger charge is 2.21. The van der Waals surface area contributed by atoms with Crippen molar-refractivity contribution in [3.63, 3.8) is 0 Å². The second-order valence-corrected chi connectivity index (χ2v) is 3.69. The highest BCUT2D eigenvalue weighted by molar-refractivity contribution is 5.39. The quantitative estimate of drug-likeness (QED) is 0.673. The molecule has 1 N–H and O–H groups in total. The van der Waals surface area contributed by atoms with Gasteiger partial charge < -0.3 is 5.11 Å². The van der Waals surface area contributed by atoms with Gasteiger partial charge in [0, 0.05) is 0 Å². The topological polar surface area (TPSA) is 20.2 Å². The zero-order valence-electron chi connectivity index (χ0n) is 7.38. The molecule has 0 aromatic heterocycles. The molecule has 0 atom stereocenters. The molecule has 1 aromatic carbocycles. The number of rotatable bonds is 1. The lowest BCUT2D eigenvalue weighted by molar-refractivity contribution is 0.393. The van der Waals surface area contributed by atoms with Crippen LogP contribution in [-0.2, 0) is 0 Å². The summed E-state index contributed by atoms with van der Waals surface area (Å²) >= 11 is 0. The average molecular weight is 162 g/mol. The van der Waals surface area contributed by atoms with Crippen LogP contribution in [0.2, 0.25) is 0 Å². The van der Waals surface area contributed by atoms with E-state index in [4.69, 9.17) is 0 Å². The van der Waals surface area contributed by atoms with Crippen molar-refractivity contribution in [3.05, 3.63) is 29.3 Å². The summed E-state index contributed by atoms with van der Waals surface area (Å²) in [6, 6.07) is 6.00. The van der Waals surface area contributed by atoms with Crippen LogP contribution >= 0.6 is 0 Å². The lowest BCUT2D eigenvalue weighted by atomic mass is 9.79. The molecule has 1 aliphatic carbocycles. The van der Waals surface area contributed by atoms with Crippen LogP contribution in [0, 0.1) is 6.92 Å². The molecular weight excluding hydrogens is 148 g/mol. The number of aromatic hydroxyl groups is 1. The molecule has 1 fully saturated rings. The van der Waals surface area contributed by atoms with Crippen molar-refractivity contribution >= 4 is 0 Å². The van der Waals surface area contributed by atoms with Crippen LogP contribution in [0.1, 0.15) is 36.3 Å². The van der Waals surface area contributed by atoms with E-state index in [0.717, 1.165) is 11.1 Å². The van der Waals surface area contributed by atoms with Crippen LogP contribution in [0.5, 0.6) is 5.75 Å². The molecule has 12 heavy (non-hydrogen) atoms. The first kappa shape index (κ1) is 7.66. The molecule has 2 rings (SSSR count). The Kier molecular flexibility index (Phi) is 1.80. The summed E-state index contributed by atoms with van der Waals surface area (Å²) in [6.07, 6.45) is 3.81. The van der Waals surface area contributed by atoms with Gasteiger partial charge in [-0.25, -0.2) is 0 Å². The van der Waals surface area contributed by atoms with E-state index in [1.54, 1.807) is 0 Å². The van der Waals surface area contributed by atoms with E-state index in [9.17, 15) is 5.11 Å². The van der Waals surface area contributed by atoms with Gasteiger partial charge in [-0.1, -0.05) is 18.6 Å². The molecule has 1 nitrogen and oxygen atoms in total. The normalized spacial score (nSPS) is 17.4. The number of aryl methyl sites for hydroxylation is 1. The standard InChI is InChI=1S/C11H14O/c1-8-5-6-10(11(12)7-8)9-3-2-4-9/h5-7,9,12H,2-4H2,1H3. The monoisotopic (exact) mass is 162 g/mol. The van der Waals surface area contributed by atoms with E-state index in [1.807, 2.05) is 13.0 Å². The summed E-state index contributed by atoms with van der Waals surface area (Å²) in [4.78, 5) is 0. The summed E-state index contributed by atoms with van der Waals surface area (Å²) in [7, 11) is 0. The maximum absolute atomic E-state index is 9.63. The molecular formula is C11H14O. The second-order valence-electron chi connectivity index (χ2n) is 3.69. The van der Waals surface area contributed by atoms with Crippen molar-refractivity contribution in [2.75, 3.05) is 0 Å². The van der Waals surface area contributed by atoms with E-state index in [0.29, 0.717) is 11.7 Å². The molecule has 1 saturated carbocycles. The first-order chi connectivity index (χ1) is 5.77. The second kappa shape index (κ2) is 2.81. The SMILES string of the molecule is Cc1ccc(C2CCC2)c(O)c1. The zero-order chi connectivity index (χ0) is 8.55. The molecule has 0 bridgehead atoms. The summed E-state index contributed by atoms with van der Waals surface area (Å²) in [5.41, 5.74) is 2.28. The molecule has 0 amide bonds. The van der Waals surface area contributed by atoms with Gasteiger partial charge in [-0.3, -0.25) is 0 Å². The maximum atomic E-state index is 9.63. The Morgan fingerprint density at radius 1 is 1.33 bits per heavy atom. The minimum absolute atomic E-state index is 0.486. The minimum atomic E-state index is 0.486. The van der Waals surface area contributed by atoms with E-state index < -0.39 is 0 Å². The lowest BCUT2D eigenvalue weighted by Crippen LogP contribution is -2.08. The molecule has 0 radical (unpaired) electrons. The zero-order valence-corrected chi connectivity index (χ0v) is 7.38. The fraction of sp³-hybridized carbons (Fsp3) is 0.455. The molecule has 0 saturated heterocycles. The number of phenols is 1. The Bertz CT molecular complexity index is 287. The van der Waals surface area contributed by atoms with Crippen LogP contribution < -0.4 is 0 Å². The van der Waals surface area contributed by atoms with Gasteiger partial charge in [-0.05, 0) is 42.9 Å². The Balaban J connectivity index is 2.31. The first-order valence-electron chi connectivity index (χ1n) is 4.57. The summed E-state index contributed by atoms with van der Waals surface area (Å²) in [6.45, 7) is 2.00. The Hall–Kier alpha value is -0.980. The number of benzene rings is 1. The smallest absolute Gasteiger partial charge is 0.119 e. The van der Waals surface area contributed by atoms with Crippen molar-refractivity contribution in [2.45, 2.75) is 32.1 Å². The van der Waals surface area contributed by atoms with Gasteiger partial charge in [-0.2, -0.15) is 0 Å². The first-order valence-corrected chi connectivity index (χ1v) is 4.57. The number of hydrogen-bond donors (Lipinski definition) is 1. The average Bonchev–Trinajstić information content (AvgIpc) is 1.91. The molecule has 1 aromatic rings. The van der Waals surface area contributed by atoms with Gasteiger partial charge in [0.25, 0.3) is 0 Å². The Morgan fingerprint density at radius 3 is 2.58 bits per heavy atom. The maximum Gasteiger partial charge on any atom is 0.119 e. The number of phenolic OH excluding ortho intramolecular Hbond substituents is 1. The van der Waals surface area contributed by atoms with E-state index in [-0.39, 0.29) is 0 Å². The lowest BCUT2D eigenvalue weighted by Gasteiger charge is -2.26. The molecule has 0 heterocycles. The molecule has 0 unspecified atom stereocenters. The van der Waals surface area contributed by atoms with E-state index in [2.05, 4.69) is 12.1 Å². The van der Waals surface area contributed by atoms with Crippen LogP contribution in [0.3, 0.4) is 0 Å². The fourth-order valence-electron chi connectivity index (χ4n) is 1.72. The third-order valence-corrected chi connectivity index (χ3v) is 2.73. The third-order valence-electron chi connectivity index (χ3n) is 2.73. The van der Waals surface area contributed by atoms with E-state index >= 15 is 0 Å². The van der Waals surface area contributed by atoms with Gasteiger partial charge in [0.15, 0.2) is 0 Å². The Morgan fingerprint density at radius 2 is 2.08 bits per heavy atom. The van der Waals surface area contributed by atoms with Crippen molar-refractivity contribution in [1.29, 1.82) is 0 Å². The van der Waals surface area contributed by atoms with Crippen LogP contribution in [0.25, 0.3) is 0 Å². The van der Waals surface area contributed by atoms with Gasteiger partial charge >= 0.3 is 0 Å². The molecule has 0 spiro atoms. The van der Waals surface area contributed by atoms with Gasteiger partial charge in [-0.15, -0.1) is 0 Å². The highest BCUT2D eigenvalue weighted by Crippen LogP contribution is 2.40. The van der Waals surface area contributed by atoms with Crippen LogP contribution in [0.15, 0.2) is 18.2 Å².